The largest absolute Gasteiger partial charge is 0.493 e. The lowest BCUT2D eigenvalue weighted by atomic mass is 9.94. The SMILES string of the molecule is COC[C@H]1O[C@H](O[C@H]2[C@H](OC)[C@@H](OC)[C@@H](O[C@H]3[C@H](OC)[C@@H](OC)[C@@H](O[C@H]4[C@H](OC)[C@@H](OC)[C@@H](O[C@H]5[C@H](OC)[C@@H](OC)[C@@H](O[C@H]6[C@H](OC)[C@@H](OC)[C@@H](O[C@H]7[C@H](OC)C=CO[C@@H]7COC)O[C@@H]6COC)O[C@@H]5COC)O[C@@H]4COC)O[C@@H]3COC)O[C@@H]2COC)[C@H](OC)[C@@H](OC)[C@@H]1O. The fourth-order valence-corrected chi connectivity index (χ4v) is 13.9. The average Bonchev–Trinajstić information content (AvgIpc) is 0.777. The van der Waals surface area contributed by atoms with Gasteiger partial charge in [-0.25, -0.2) is 0 Å². The molecule has 7 heterocycles. The summed E-state index contributed by atoms with van der Waals surface area (Å²) >= 11 is 0. The molecule has 33 atom stereocenters. The maximum atomic E-state index is 11.2. The Morgan fingerprint density at radius 3 is 0.667 bits per heavy atom. The van der Waals surface area contributed by atoms with Gasteiger partial charge in [-0.3, -0.25) is 0 Å². The van der Waals surface area contributed by atoms with E-state index in [4.69, 9.17) is 156 Å². The van der Waals surface area contributed by atoms with Gasteiger partial charge in [0.15, 0.2) is 37.7 Å². The Morgan fingerprint density at radius 1 is 0.229 bits per heavy atom. The summed E-state index contributed by atoms with van der Waals surface area (Å²) < 4.78 is 206. The number of rotatable bonds is 39. The van der Waals surface area contributed by atoms with Crippen LogP contribution in [0.15, 0.2) is 12.3 Å². The zero-order valence-corrected chi connectivity index (χ0v) is 59.1. The summed E-state index contributed by atoms with van der Waals surface area (Å²) in [6, 6.07) is 0. The van der Waals surface area contributed by atoms with E-state index in [1.54, 1.807) is 26.6 Å². The van der Waals surface area contributed by atoms with Gasteiger partial charge in [-0.05, 0) is 6.08 Å². The van der Waals surface area contributed by atoms with Crippen molar-refractivity contribution in [3.8, 4) is 0 Å². The van der Waals surface area contributed by atoms with E-state index in [1.165, 1.54) is 128 Å². The van der Waals surface area contributed by atoms with E-state index in [0.717, 1.165) is 0 Å². The van der Waals surface area contributed by atoms with Crippen LogP contribution in [-0.4, -0.2) is 396 Å². The van der Waals surface area contributed by atoms with Gasteiger partial charge in [-0.15, -0.1) is 0 Å². The first-order chi connectivity index (χ1) is 46.7. The molecule has 0 aliphatic carbocycles. The van der Waals surface area contributed by atoms with Crippen LogP contribution in [0.4, 0.5) is 0 Å². The molecule has 6 fully saturated rings. The molecule has 96 heavy (non-hydrogen) atoms. The lowest BCUT2D eigenvalue weighted by molar-refractivity contribution is -0.402. The molecule has 1 N–H and O–H groups in total. The zero-order valence-electron chi connectivity index (χ0n) is 59.1. The Balaban J connectivity index is 1.10. The fraction of sp³-hybridized carbons (Fsp3) is 0.968. The Morgan fingerprint density at radius 2 is 0.438 bits per heavy atom. The standard InChI is InChI=1S/C62H110O34/c1-64-23-31-38(63)45(72-9)51(78-15)57(85-31)92-40-34(26-67-4)87-59(53(80-17)47(40)74-11)94-42-36(28-69-6)89-61(55(82-19)49(42)76-13)96-44-37(29-70-7)90-62(56(83-20)50(44)77-14)95-43-35(27-68-5)88-60(54(81-18)48(43)75-12)93-41-33(25-66-3)86-58(52(79-16)46(41)73-10)91-39-30(71-8)21-22-84-32(39)24-65-2/h21-22,30-63H,23-29H2,1-20H3/t30-,31-,32-,33-,34-,35-,36-,37-,38-,39+,40-,41-,42-,43-,44-,45+,46+,47+,48+,49+,50+,51-,52-,53-,54-,55-,56-,57-,58-,59-,60-,61-,62-/m1/s1. The molecular weight excluding hydrogens is 1290 g/mol. The highest BCUT2D eigenvalue weighted by Crippen LogP contribution is 2.41. The quantitative estimate of drug-likeness (QED) is 0.0743. The van der Waals surface area contributed by atoms with E-state index in [-0.39, 0.29) is 46.2 Å². The maximum absolute atomic E-state index is 11.2. The summed E-state index contributed by atoms with van der Waals surface area (Å²) in [5.41, 5.74) is 0. The van der Waals surface area contributed by atoms with Gasteiger partial charge >= 0.3 is 0 Å². The lowest BCUT2D eigenvalue weighted by Crippen LogP contribution is -2.69. The second-order valence-corrected chi connectivity index (χ2v) is 23.6. The van der Waals surface area contributed by atoms with E-state index in [2.05, 4.69) is 0 Å². The molecule has 0 radical (unpaired) electrons. The highest BCUT2D eigenvalue weighted by atomic mass is 16.8. The second-order valence-electron chi connectivity index (χ2n) is 23.6. The van der Waals surface area contributed by atoms with E-state index in [1.807, 2.05) is 0 Å². The predicted octanol–water partition coefficient (Wildman–Crippen LogP) is -1.36. The third kappa shape index (κ3) is 18.6. The fourth-order valence-electron chi connectivity index (χ4n) is 13.9. The molecule has 0 aromatic carbocycles. The summed E-state index contributed by atoms with van der Waals surface area (Å²) in [5.74, 6) is 0. The van der Waals surface area contributed by atoms with Crippen LogP contribution >= 0.6 is 0 Å². The van der Waals surface area contributed by atoms with Gasteiger partial charge in [0, 0.05) is 142 Å². The predicted molar refractivity (Wildman–Crippen MR) is 325 cm³/mol. The number of hydrogen-bond donors (Lipinski definition) is 1. The summed E-state index contributed by atoms with van der Waals surface area (Å²) in [6.07, 6.45) is -27.8. The van der Waals surface area contributed by atoms with Crippen LogP contribution in [0.1, 0.15) is 0 Å². The number of methoxy groups -OCH3 is 20. The van der Waals surface area contributed by atoms with Crippen molar-refractivity contribution >= 4 is 0 Å². The average molecular weight is 1400 g/mol. The molecule has 7 rings (SSSR count). The van der Waals surface area contributed by atoms with Gasteiger partial charge in [0.05, 0.1) is 52.5 Å². The Kier molecular flexibility index (Phi) is 34.7. The van der Waals surface area contributed by atoms with E-state index >= 15 is 0 Å². The molecule has 7 aliphatic rings. The highest BCUT2D eigenvalue weighted by Gasteiger charge is 2.60. The molecule has 6 saturated heterocycles. The zero-order chi connectivity index (χ0) is 69.8. The minimum atomic E-state index is -1.22. The van der Waals surface area contributed by atoms with Crippen LogP contribution < -0.4 is 0 Å². The van der Waals surface area contributed by atoms with E-state index in [0.29, 0.717) is 0 Å². The van der Waals surface area contributed by atoms with Crippen LogP contribution in [-0.2, 0) is 156 Å². The summed E-state index contributed by atoms with van der Waals surface area (Å²) in [6.45, 7) is 0.168. The Bertz CT molecular complexity index is 2150. The number of ether oxygens (including phenoxy) is 33. The summed E-state index contributed by atoms with van der Waals surface area (Å²) in [7, 11) is 30.2. The van der Waals surface area contributed by atoms with Crippen molar-refractivity contribution in [3.63, 3.8) is 0 Å². The van der Waals surface area contributed by atoms with Gasteiger partial charge in [-0.2, -0.15) is 0 Å². The second kappa shape index (κ2) is 40.9. The van der Waals surface area contributed by atoms with Crippen LogP contribution in [0.2, 0.25) is 0 Å². The first-order valence-corrected chi connectivity index (χ1v) is 31.8. The topological polar surface area (TPSA) is 325 Å². The summed E-state index contributed by atoms with van der Waals surface area (Å²) in [4.78, 5) is 0. The third-order valence-electron chi connectivity index (χ3n) is 18.4. The van der Waals surface area contributed by atoms with Gasteiger partial charge in [0.25, 0.3) is 0 Å². The van der Waals surface area contributed by atoms with Crippen molar-refractivity contribution in [2.75, 3.05) is 188 Å². The minimum absolute atomic E-state index is 0.00448. The number of aliphatic hydroxyl groups is 1. The molecule has 34 nitrogen and oxygen atoms in total. The molecule has 0 bridgehead atoms. The molecular formula is C62H110O34. The molecule has 7 aliphatic heterocycles. The molecule has 34 heteroatoms. The van der Waals surface area contributed by atoms with Crippen LogP contribution in [0.3, 0.4) is 0 Å². The van der Waals surface area contributed by atoms with Crippen LogP contribution in [0.5, 0.6) is 0 Å². The van der Waals surface area contributed by atoms with Crippen molar-refractivity contribution in [1.29, 1.82) is 0 Å². The summed E-state index contributed by atoms with van der Waals surface area (Å²) in [5, 5.41) is 11.2. The van der Waals surface area contributed by atoms with E-state index in [9.17, 15) is 5.11 Å². The van der Waals surface area contributed by atoms with Crippen LogP contribution in [0.25, 0.3) is 0 Å². The molecule has 0 unspecified atom stereocenters. The lowest BCUT2D eigenvalue weighted by Gasteiger charge is -2.52. The maximum Gasteiger partial charge on any atom is 0.187 e. The van der Waals surface area contributed by atoms with Gasteiger partial charge in [-0.1, -0.05) is 0 Å². The van der Waals surface area contributed by atoms with Crippen LogP contribution in [0, 0.1) is 0 Å². The molecule has 0 amide bonds. The number of hydrogen-bond acceptors (Lipinski definition) is 34. The Labute approximate surface area is 563 Å². The van der Waals surface area contributed by atoms with Gasteiger partial charge in [0.1, 0.15) is 165 Å². The van der Waals surface area contributed by atoms with Gasteiger partial charge in [0.2, 0.25) is 0 Å². The Hall–Kier alpha value is -1.78. The van der Waals surface area contributed by atoms with Crippen molar-refractivity contribution in [2.45, 2.75) is 203 Å². The third-order valence-corrected chi connectivity index (χ3v) is 18.4. The first-order valence-electron chi connectivity index (χ1n) is 31.8. The molecule has 0 aromatic rings. The normalized spacial score (nSPS) is 43.9. The molecule has 562 valence electrons. The highest BCUT2D eigenvalue weighted by molar-refractivity contribution is 5.04. The minimum Gasteiger partial charge on any atom is -0.493 e. The van der Waals surface area contributed by atoms with Crippen molar-refractivity contribution < 1.29 is 161 Å². The first kappa shape index (κ1) is 81.5. The molecule has 0 saturated carbocycles. The van der Waals surface area contributed by atoms with Crippen molar-refractivity contribution in [3.05, 3.63) is 12.3 Å². The monoisotopic (exact) mass is 1400 g/mol. The van der Waals surface area contributed by atoms with E-state index < -0.39 is 203 Å². The van der Waals surface area contributed by atoms with Crippen molar-refractivity contribution in [2.24, 2.45) is 0 Å². The molecule has 0 spiro atoms. The molecule has 0 aromatic heterocycles. The van der Waals surface area contributed by atoms with Crippen molar-refractivity contribution in [1.82, 2.24) is 0 Å². The van der Waals surface area contributed by atoms with Gasteiger partial charge < -0.3 is 161 Å². The smallest absolute Gasteiger partial charge is 0.187 e. The number of aliphatic hydroxyl groups excluding tert-OH is 1.